The lowest BCUT2D eigenvalue weighted by molar-refractivity contribution is 0.335. The van der Waals surface area contributed by atoms with E-state index >= 15 is 0 Å². The Kier molecular flexibility index (Phi) is 4.50. The molecule has 2 nitrogen and oxygen atoms in total. The molecule has 0 aliphatic heterocycles. The highest BCUT2D eigenvalue weighted by atomic mass is 127. The molecule has 0 atom stereocenters. The van der Waals surface area contributed by atoms with Crippen LogP contribution in [0.4, 0.5) is 0 Å². The third-order valence-corrected chi connectivity index (χ3v) is 3.67. The third kappa shape index (κ3) is 3.79. The van der Waals surface area contributed by atoms with Crippen LogP contribution in [0.3, 0.4) is 0 Å². The van der Waals surface area contributed by atoms with Crippen molar-refractivity contribution in [2.75, 3.05) is 6.54 Å². The molecule has 84 valence electrons. The highest BCUT2D eigenvalue weighted by molar-refractivity contribution is 14.1. The van der Waals surface area contributed by atoms with E-state index in [0.29, 0.717) is 0 Å². The zero-order chi connectivity index (χ0) is 10.5. The summed E-state index contributed by atoms with van der Waals surface area (Å²) in [6, 6.07) is 4.06. The summed E-state index contributed by atoms with van der Waals surface area (Å²) in [5.74, 6) is 1.95. The summed E-state index contributed by atoms with van der Waals surface area (Å²) in [6.45, 7) is 2.02. The molecule has 1 N–H and O–H groups in total. The standard InChI is InChI=1S/C12H18INO/c13-12-7-6-11(15-12)9-14-8-10-4-2-1-3-5-10/h6-7,10,14H,1-5,8-9H2. The van der Waals surface area contributed by atoms with Gasteiger partial charge in [-0.15, -0.1) is 0 Å². The summed E-state index contributed by atoms with van der Waals surface area (Å²) in [7, 11) is 0. The predicted octanol–water partition coefficient (Wildman–Crippen LogP) is 3.55. The van der Waals surface area contributed by atoms with E-state index in [4.69, 9.17) is 4.42 Å². The first-order valence-corrected chi connectivity index (χ1v) is 6.87. The zero-order valence-electron chi connectivity index (χ0n) is 8.97. The maximum atomic E-state index is 5.50. The highest BCUT2D eigenvalue weighted by Crippen LogP contribution is 2.22. The van der Waals surface area contributed by atoms with Crippen molar-refractivity contribution in [1.82, 2.24) is 5.32 Å². The quantitative estimate of drug-likeness (QED) is 0.859. The molecule has 1 aromatic rings. The Bertz CT molecular complexity index is 292. The van der Waals surface area contributed by atoms with Crippen LogP contribution >= 0.6 is 22.6 Å². The average Bonchev–Trinajstić information content (AvgIpc) is 2.66. The summed E-state index contributed by atoms with van der Waals surface area (Å²) in [6.07, 6.45) is 7.09. The van der Waals surface area contributed by atoms with Crippen LogP contribution in [0.5, 0.6) is 0 Å². The number of furan rings is 1. The van der Waals surface area contributed by atoms with Gasteiger partial charge in [-0.05, 0) is 60.0 Å². The Morgan fingerprint density at radius 3 is 2.73 bits per heavy atom. The molecule has 1 aromatic heterocycles. The van der Waals surface area contributed by atoms with Crippen molar-refractivity contribution in [3.05, 3.63) is 21.7 Å². The van der Waals surface area contributed by atoms with Gasteiger partial charge < -0.3 is 9.73 Å². The van der Waals surface area contributed by atoms with Gasteiger partial charge in [0.1, 0.15) is 5.76 Å². The smallest absolute Gasteiger partial charge is 0.164 e. The van der Waals surface area contributed by atoms with E-state index < -0.39 is 0 Å². The van der Waals surface area contributed by atoms with E-state index in [9.17, 15) is 0 Å². The van der Waals surface area contributed by atoms with E-state index in [1.54, 1.807) is 0 Å². The van der Waals surface area contributed by atoms with Crippen LogP contribution in [0.2, 0.25) is 0 Å². The second kappa shape index (κ2) is 5.89. The van der Waals surface area contributed by atoms with Crippen molar-refractivity contribution in [1.29, 1.82) is 0 Å². The first kappa shape index (κ1) is 11.5. The molecular weight excluding hydrogens is 301 g/mol. The summed E-state index contributed by atoms with van der Waals surface area (Å²) >= 11 is 2.20. The van der Waals surface area contributed by atoms with Gasteiger partial charge in [-0.2, -0.15) is 0 Å². The minimum Gasteiger partial charge on any atom is -0.454 e. The first-order valence-electron chi connectivity index (χ1n) is 5.79. The van der Waals surface area contributed by atoms with Gasteiger partial charge in [0.15, 0.2) is 3.77 Å². The van der Waals surface area contributed by atoms with E-state index in [-0.39, 0.29) is 0 Å². The summed E-state index contributed by atoms with van der Waals surface area (Å²) in [5, 5.41) is 3.49. The van der Waals surface area contributed by atoms with Crippen molar-refractivity contribution < 1.29 is 4.42 Å². The van der Waals surface area contributed by atoms with Crippen molar-refractivity contribution in [3.8, 4) is 0 Å². The Morgan fingerprint density at radius 2 is 2.07 bits per heavy atom. The Morgan fingerprint density at radius 1 is 1.27 bits per heavy atom. The van der Waals surface area contributed by atoms with Crippen molar-refractivity contribution in [2.24, 2.45) is 5.92 Å². The van der Waals surface area contributed by atoms with Gasteiger partial charge in [0.2, 0.25) is 0 Å². The van der Waals surface area contributed by atoms with Gasteiger partial charge in [-0.1, -0.05) is 19.3 Å². The van der Waals surface area contributed by atoms with Gasteiger partial charge in [0.05, 0.1) is 6.54 Å². The molecular formula is C12H18INO. The third-order valence-electron chi connectivity index (χ3n) is 3.09. The van der Waals surface area contributed by atoms with Crippen LogP contribution in [-0.4, -0.2) is 6.54 Å². The number of rotatable bonds is 4. The lowest BCUT2D eigenvalue weighted by Crippen LogP contribution is -2.23. The second-order valence-corrected chi connectivity index (χ2v) is 5.40. The van der Waals surface area contributed by atoms with E-state index in [1.807, 2.05) is 6.07 Å². The number of halogens is 1. The molecule has 0 bridgehead atoms. The molecule has 0 aromatic carbocycles. The monoisotopic (exact) mass is 319 g/mol. The van der Waals surface area contributed by atoms with Crippen LogP contribution in [0.15, 0.2) is 16.5 Å². The second-order valence-electron chi connectivity index (χ2n) is 4.34. The minimum atomic E-state index is 0.875. The van der Waals surface area contributed by atoms with E-state index in [1.165, 1.54) is 32.1 Å². The van der Waals surface area contributed by atoms with Crippen LogP contribution in [0.1, 0.15) is 37.9 Å². The zero-order valence-corrected chi connectivity index (χ0v) is 11.1. The number of nitrogens with one attached hydrogen (secondary N) is 1. The molecule has 1 fully saturated rings. The molecule has 0 amide bonds. The van der Waals surface area contributed by atoms with E-state index in [0.717, 1.165) is 28.5 Å². The lowest BCUT2D eigenvalue weighted by Gasteiger charge is -2.21. The molecule has 0 radical (unpaired) electrons. The summed E-state index contributed by atoms with van der Waals surface area (Å²) in [4.78, 5) is 0. The van der Waals surface area contributed by atoms with Gasteiger partial charge in [0, 0.05) is 0 Å². The summed E-state index contributed by atoms with van der Waals surface area (Å²) in [5.41, 5.74) is 0. The van der Waals surface area contributed by atoms with Crippen LogP contribution in [0, 0.1) is 9.68 Å². The predicted molar refractivity (Wildman–Crippen MR) is 69.7 cm³/mol. The van der Waals surface area contributed by atoms with Gasteiger partial charge in [0.25, 0.3) is 0 Å². The molecule has 15 heavy (non-hydrogen) atoms. The Hall–Kier alpha value is -0.0300. The minimum absolute atomic E-state index is 0.875. The van der Waals surface area contributed by atoms with Gasteiger partial charge in [-0.25, -0.2) is 0 Å². The van der Waals surface area contributed by atoms with Crippen LogP contribution in [0.25, 0.3) is 0 Å². The topological polar surface area (TPSA) is 25.2 Å². The number of hydrogen-bond donors (Lipinski definition) is 1. The molecule has 1 saturated carbocycles. The molecule has 0 unspecified atom stereocenters. The maximum absolute atomic E-state index is 5.50. The lowest BCUT2D eigenvalue weighted by atomic mass is 9.89. The van der Waals surface area contributed by atoms with Crippen LogP contribution in [-0.2, 0) is 6.54 Å². The normalized spacial score (nSPS) is 18.2. The van der Waals surface area contributed by atoms with Crippen molar-refractivity contribution >= 4 is 22.6 Å². The molecule has 1 aliphatic carbocycles. The Labute approximate surface area is 105 Å². The molecule has 1 heterocycles. The van der Waals surface area contributed by atoms with Crippen molar-refractivity contribution in [3.63, 3.8) is 0 Å². The molecule has 0 saturated heterocycles. The summed E-state index contributed by atoms with van der Waals surface area (Å²) < 4.78 is 6.47. The molecule has 2 rings (SSSR count). The van der Waals surface area contributed by atoms with Gasteiger partial charge in [-0.3, -0.25) is 0 Å². The fourth-order valence-corrected chi connectivity index (χ4v) is 2.70. The Balaban J connectivity index is 1.65. The fourth-order valence-electron chi connectivity index (χ4n) is 2.24. The molecule has 3 heteroatoms. The van der Waals surface area contributed by atoms with Crippen LogP contribution < -0.4 is 5.32 Å². The largest absolute Gasteiger partial charge is 0.454 e. The first-order chi connectivity index (χ1) is 7.34. The number of hydrogen-bond acceptors (Lipinski definition) is 2. The maximum Gasteiger partial charge on any atom is 0.164 e. The average molecular weight is 319 g/mol. The molecule has 0 spiro atoms. The van der Waals surface area contributed by atoms with E-state index in [2.05, 4.69) is 34.0 Å². The van der Waals surface area contributed by atoms with Crippen molar-refractivity contribution in [2.45, 2.75) is 38.6 Å². The highest BCUT2D eigenvalue weighted by Gasteiger charge is 2.12. The fraction of sp³-hybridized carbons (Fsp3) is 0.667. The SMILES string of the molecule is Ic1ccc(CNCC2CCCCC2)o1. The molecule has 1 aliphatic rings. The van der Waals surface area contributed by atoms with Gasteiger partial charge >= 0.3 is 0 Å².